The highest BCUT2D eigenvalue weighted by Gasteiger charge is 2.61. The molecule has 8 atom stereocenters. The van der Waals surface area contributed by atoms with Crippen LogP contribution in [0.3, 0.4) is 0 Å². The molecule has 4 aliphatic carbocycles. The van der Waals surface area contributed by atoms with E-state index in [4.69, 9.17) is 0 Å². The molecule has 0 aromatic heterocycles. The molecule has 0 aromatic rings. The van der Waals surface area contributed by atoms with Gasteiger partial charge in [-0.1, -0.05) is 26.0 Å². The van der Waals surface area contributed by atoms with Gasteiger partial charge in [0.15, 0.2) is 0 Å². The summed E-state index contributed by atoms with van der Waals surface area (Å²) in [6.45, 7) is 12.0. The van der Waals surface area contributed by atoms with E-state index >= 15 is 0 Å². The molecule has 0 bridgehead atoms. The maximum absolute atomic E-state index is 12.6. The maximum atomic E-state index is 12.6. The summed E-state index contributed by atoms with van der Waals surface area (Å²) in [5.41, 5.74) is 1.97. The van der Waals surface area contributed by atoms with E-state index < -0.39 is 0 Å². The Hall–Kier alpha value is -0.280. The molecule has 5 aliphatic rings. The van der Waals surface area contributed by atoms with Crippen molar-refractivity contribution in [1.82, 2.24) is 5.32 Å². The molecule has 150 valence electrons. The Bertz CT molecular complexity index is 640. The average molecular weight is 388 g/mol. The Labute approximate surface area is 169 Å². The standard InChI is InChI=1S/C24H37NOS/c1-15-12-16-13-17(27-18-8-11-25-14-18)6-9-23(16,2)20-7-10-24(3)19(22(15)20)4-5-21(24)26/h16-20,22,25H,1,4-14H2,2-3H3/t16?,17-,18+,19+,20+,22+,23+,24+/m1/s1. The average Bonchev–Trinajstić information content (AvgIpc) is 3.25. The minimum Gasteiger partial charge on any atom is -0.316 e. The van der Waals surface area contributed by atoms with Gasteiger partial charge in [0.25, 0.3) is 0 Å². The fourth-order valence-corrected chi connectivity index (χ4v) is 9.61. The van der Waals surface area contributed by atoms with Crippen LogP contribution in [0.5, 0.6) is 0 Å². The van der Waals surface area contributed by atoms with Crippen LogP contribution < -0.4 is 5.32 Å². The van der Waals surface area contributed by atoms with Crippen molar-refractivity contribution in [2.75, 3.05) is 13.1 Å². The molecule has 0 amide bonds. The zero-order chi connectivity index (χ0) is 18.8. The lowest BCUT2D eigenvalue weighted by Crippen LogP contribution is -2.54. The van der Waals surface area contributed by atoms with Crippen LogP contribution in [0.2, 0.25) is 0 Å². The number of carbonyl (C=O) groups excluding carboxylic acids is 1. The summed E-state index contributed by atoms with van der Waals surface area (Å²) in [5.74, 6) is 3.38. The molecular formula is C24H37NOS. The second kappa shape index (κ2) is 6.62. The summed E-state index contributed by atoms with van der Waals surface area (Å²) in [6.07, 6.45) is 11.2. The van der Waals surface area contributed by atoms with Gasteiger partial charge in [-0.2, -0.15) is 11.8 Å². The fraction of sp³-hybridized carbons (Fsp3) is 0.875. The van der Waals surface area contributed by atoms with Crippen LogP contribution in [-0.4, -0.2) is 29.4 Å². The summed E-state index contributed by atoms with van der Waals surface area (Å²) in [6, 6.07) is 0. The first-order chi connectivity index (χ1) is 12.9. The van der Waals surface area contributed by atoms with Crippen molar-refractivity contribution in [3.05, 3.63) is 12.2 Å². The number of Topliss-reactive ketones (excluding diaryl/α,β-unsaturated/α-hetero) is 1. The van der Waals surface area contributed by atoms with Gasteiger partial charge in [0.1, 0.15) is 5.78 Å². The summed E-state index contributed by atoms with van der Waals surface area (Å²) in [7, 11) is 0. The number of ketones is 1. The maximum Gasteiger partial charge on any atom is 0.139 e. The SMILES string of the molecule is C=C1CC2C[C@H](S[C@H]3CCNC3)CC[C@]2(C)[C@H]2CC[C@]3(C)C(=O)CC[C@H]3[C@H]12. The van der Waals surface area contributed by atoms with Gasteiger partial charge in [-0.3, -0.25) is 4.79 Å². The molecule has 3 heteroatoms. The monoisotopic (exact) mass is 387 g/mol. The zero-order valence-electron chi connectivity index (χ0n) is 17.3. The second-order valence-electron chi connectivity index (χ2n) is 10.9. The van der Waals surface area contributed by atoms with Crippen molar-refractivity contribution >= 4 is 17.5 Å². The molecule has 1 saturated heterocycles. The first-order valence-electron chi connectivity index (χ1n) is 11.5. The van der Waals surface area contributed by atoms with Crippen LogP contribution in [0.25, 0.3) is 0 Å². The van der Waals surface area contributed by atoms with Crippen LogP contribution in [-0.2, 0) is 4.79 Å². The highest BCUT2D eigenvalue weighted by Crippen LogP contribution is 2.67. The number of hydrogen-bond acceptors (Lipinski definition) is 3. The van der Waals surface area contributed by atoms with Crippen LogP contribution in [0.4, 0.5) is 0 Å². The number of carbonyl (C=O) groups is 1. The van der Waals surface area contributed by atoms with Crippen LogP contribution in [0.1, 0.15) is 71.6 Å². The summed E-state index contributed by atoms with van der Waals surface area (Å²) < 4.78 is 0. The van der Waals surface area contributed by atoms with Crippen molar-refractivity contribution in [3.63, 3.8) is 0 Å². The lowest BCUT2D eigenvalue weighted by Gasteiger charge is -2.61. The highest BCUT2D eigenvalue weighted by molar-refractivity contribution is 8.00. The molecule has 27 heavy (non-hydrogen) atoms. The van der Waals surface area contributed by atoms with Gasteiger partial charge in [-0.25, -0.2) is 0 Å². The molecule has 5 fully saturated rings. The largest absolute Gasteiger partial charge is 0.316 e. The zero-order valence-corrected chi connectivity index (χ0v) is 18.1. The van der Waals surface area contributed by atoms with Crippen LogP contribution in [0, 0.1) is 34.5 Å². The van der Waals surface area contributed by atoms with E-state index in [1.54, 1.807) is 0 Å². The molecular weight excluding hydrogens is 350 g/mol. The smallest absolute Gasteiger partial charge is 0.139 e. The van der Waals surface area contributed by atoms with Crippen LogP contribution >= 0.6 is 11.8 Å². The molecule has 4 saturated carbocycles. The van der Waals surface area contributed by atoms with Gasteiger partial charge in [0.05, 0.1) is 0 Å². The highest BCUT2D eigenvalue weighted by atomic mass is 32.2. The molecule has 5 rings (SSSR count). The van der Waals surface area contributed by atoms with E-state index in [0.717, 1.165) is 41.6 Å². The van der Waals surface area contributed by atoms with Gasteiger partial charge in [0.2, 0.25) is 0 Å². The van der Waals surface area contributed by atoms with Crippen molar-refractivity contribution in [2.24, 2.45) is 34.5 Å². The number of nitrogens with one attached hydrogen (secondary N) is 1. The van der Waals surface area contributed by atoms with Crippen LogP contribution in [0.15, 0.2) is 12.2 Å². The third-order valence-electron chi connectivity index (χ3n) is 9.69. The van der Waals surface area contributed by atoms with Gasteiger partial charge in [-0.05, 0) is 87.0 Å². The number of allylic oxidation sites excluding steroid dienone is 1. The lowest BCUT2D eigenvalue weighted by molar-refractivity contribution is -0.134. The fourth-order valence-electron chi connectivity index (χ4n) is 8.00. The predicted octanol–water partition coefficient (Wildman–Crippen LogP) is 5.23. The lowest BCUT2D eigenvalue weighted by atomic mass is 9.44. The Balaban J connectivity index is 1.35. The molecule has 0 spiro atoms. The predicted molar refractivity (Wildman–Crippen MR) is 114 cm³/mol. The molecule has 0 aromatic carbocycles. The third-order valence-corrected chi connectivity index (χ3v) is 11.3. The van der Waals surface area contributed by atoms with Crippen molar-refractivity contribution in [3.8, 4) is 0 Å². The Morgan fingerprint density at radius 2 is 1.93 bits per heavy atom. The van der Waals surface area contributed by atoms with Gasteiger partial charge in [0, 0.05) is 28.9 Å². The Morgan fingerprint density at radius 1 is 1.07 bits per heavy atom. The summed E-state index contributed by atoms with van der Waals surface area (Å²) in [4.78, 5) is 12.6. The summed E-state index contributed by atoms with van der Waals surface area (Å²) in [5, 5.41) is 5.24. The second-order valence-corrected chi connectivity index (χ2v) is 12.5. The van der Waals surface area contributed by atoms with E-state index in [9.17, 15) is 4.79 Å². The van der Waals surface area contributed by atoms with E-state index in [1.165, 1.54) is 57.2 Å². The minimum absolute atomic E-state index is 0.0319. The normalized spacial score (nSPS) is 52.4. The van der Waals surface area contributed by atoms with E-state index in [-0.39, 0.29) is 5.41 Å². The van der Waals surface area contributed by atoms with Gasteiger partial charge >= 0.3 is 0 Å². The van der Waals surface area contributed by atoms with Crippen molar-refractivity contribution in [2.45, 2.75) is 82.1 Å². The number of rotatable bonds is 2. The Kier molecular flexibility index (Phi) is 4.59. The molecule has 1 heterocycles. The number of hydrogen-bond donors (Lipinski definition) is 1. The van der Waals surface area contributed by atoms with E-state index in [1.807, 2.05) is 0 Å². The quantitative estimate of drug-likeness (QED) is 0.658. The summed E-state index contributed by atoms with van der Waals surface area (Å²) >= 11 is 2.29. The molecule has 1 aliphatic heterocycles. The van der Waals surface area contributed by atoms with Crippen molar-refractivity contribution < 1.29 is 4.79 Å². The number of fused-ring (bicyclic) bond motifs is 5. The topological polar surface area (TPSA) is 29.1 Å². The first-order valence-corrected chi connectivity index (χ1v) is 12.4. The van der Waals surface area contributed by atoms with Gasteiger partial charge in [-0.15, -0.1) is 0 Å². The first kappa shape index (κ1) is 18.7. The Morgan fingerprint density at radius 3 is 2.70 bits per heavy atom. The molecule has 1 unspecified atom stereocenters. The van der Waals surface area contributed by atoms with Gasteiger partial charge < -0.3 is 5.32 Å². The number of thioether (sulfide) groups is 1. The molecule has 1 N–H and O–H groups in total. The third kappa shape index (κ3) is 2.81. The molecule has 2 nitrogen and oxygen atoms in total. The van der Waals surface area contributed by atoms with E-state index in [0.29, 0.717) is 23.0 Å². The minimum atomic E-state index is -0.0319. The van der Waals surface area contributed by atoms with E-state index in [2.05, 4.69) is 37.5 Å². The molecule has 0 radical (unpaired) electrons. The van der Waals surface area contributed by atoms with Crippen molar-refractivity contribution in [1.29, 1.82) is 0 Å².